The number of nitrogens with one attached hydrogen (secondary N) is 1. The zero-order chi connectivity index (χ0) is 13.9. The molecular weight excluding hydrogens is 299 g/mol. The van der Waals surface area contributed by atoms with E-state index in [1.54, 1.807) is 24.3 Å². The van der Waals surface area contributed by atoms with Crippen molar-refractivity contribution in [2.24, 2.45) is 5.10 Å². The fourth-order valence-electron chi connectivity index (χ4n) is 1.17. The van der Waals surface area contributed by atoms with Crippen LogP contribution in [0.5, 0.6) is 0 Å². The molecule has 1 aromatic carbocycles. The first kappa shape index (κ1) is 13.8. The third kappa shape index (κ3) is 3.93. The Kier molecular flexibility index (Phi) is 4.06. The molecule has 19 heavy (non-hydrogen) atoms. The Labute approximate surface area is 115 Å². The summed E-state index contributed by atoms with van der Waals surface area (Å²) in [5.74, 6) is 0. The average Bonchev–Trinajstić information content (AvgIpc) is 2.80. The van der Waals surface area contributed by atoms with E-state index in [0.717, 1.165) is 22.3 Å². The molecule has 0 saturated heterocycles. The Balaban J connectivity index is 1.99. The molecule has 0 atom stereocenters. The number of aromatic nitrogens is 1. The number of hydrogen-bond acceptors (Lipinski definition) is 4. The maximum Gasteiger partial charge on any atom is 0.434 e. The largest absolute Gasteiger partial charge is 0.434 e. The molecular formula is C11H7ClF3N3S. The summed E-state index contributed by atoms with van der Waals surface area (Å²) >= 11 is 6.55. The average molecular weight is 306 g/mol. The Morgan fingerprint density at radius 3 is 2.53 bits per heavy atom. The van der Waals surface area contributed by atoms with Crippen LogP contribution in [0.25, 0.3) is 0 Å². The van der Waals surface area contributed by atoms with Crippen LogP contribution in [0.3, 0.4) is 0 Å². The fraction of sp³-hybridized carbons (Fsp3) is 0.0909. The highest BCUT2D eigenvalue weighted by Crippen LogP contribution is 2.31. The number of hydrazone groups is 1. The molecule has 1 N–H and O–H groups in total. The lowest BCUT2D eigenvalue weighted by atomic mass is 10.2. The molecule has 0 fully saturated rings. The fourth-order valence-corrected chi connectivity index (χ4v) is 1.96. The van der Waals surface area contributed by atoms with Crippen molar-refractivity contribution in [1.82, 2.24) is 4.98 Å². The highest BCUT2D eigenvalue weighted by atomic mass is 35.5. The second kappa shape index (κ2) is 5.58. The van der Waals surface area contributed by atoms with Gasteiger partial charge in [-0.25, -0.2) is 4.98 Å². The minimum absolute atomic E-state index is 0.0811. The van der Waals surface area contributed by atoms with Crippen molar-refractivity contribution in [3.05, 3.63) is 45.9 Å². The van der Waals surface area contributed by atoms with E-state index in [4.69, 9.17) is 11.6 Å². The van der Waals surface area contributed by atoms with Crippen LogP contribution in [-0.4, -0.2) is 11.2 Å². The molecule has 0 amide bonds. The van der Waals surface area contributed by atoms with Gasteiger partial charge in [0.05, 0.1) is 6.21 Å². The number of benzene rings is 1. The standard InChI is InChI=1S/C11H7ClF3N3S/c12-8-3-1-7(2-4-8)5-16-18-10-17-9(6-19-10)11(13,14)15/h1-6H,(H,17,18)/b16-5-. The van der Waals surface area contributed by atoms with Crippen LogP contribution < -0.4 is 5.43 Å². The number of hydrogen-bond donors (Lipinski definition) is 1. The van der Waals surface area contributed by atoms with Crippen molar-refractivity contribution in [3.8, 4) is 0 Å². The van der Waals surface area contributed by atoms with Gasteiger partial charge in [0.1, 0.15) is 0 Å². The number of thiazole rings is 1. The summed E-state index contributed by atoms with van der Waals surface area (Å²) in [4.78, 5) is 3.37. The molecule has 1 heterocycles. The van der Waals surface area contributed by atoms with Gasteiger partial charge in [-0.05, 0) is 17.7 Å². The van der Waals surface area contributed by atoms with Gasteiger partial charge in [-0.3, -0.25) is 5.43 Å². The quantitative estimate of drug-likeness (QED) is 0.679. The molecule has 0 bridgehead atoms. The normalized spacial score (nSPS) is 12.0. The van der Waals surface area contributed by atoms with E-state index < -0.39 is 11.9 Å². The van der Waals surface area contributed by atoms with Gasteiger partial charge >= 0.3 is 6.18 Å². The predicted molar refractivity (Wildman–Crippen MR) is 69.8 cm³/mol. The van der Waals surface area contributed by atoms with Gasteiger partial charge < -0.3 is 0 Å². The van der Waals surface area contributed by atoms with Gasteiger partial charge in [-0.2, -0.15) is 18.3 Å². The summed E-state index contributed by atoms with van der Waals surface area (Å²) in [6.45, 7) is 0. The molecule has 8 heteroatoms. The Morgan fingerprint density at radius 2 is 1.95 bits per heavy atom. The molecule has 0 radical (unpaired) electrons. The lowest BCUT2D eigenvalue weighted by Crippen LogP contribution is -2.05. The summed E-state index contributed by atoms with van der Waals surface area (Å²) in [6.07, 6.45) is -2.97. The summed E-state index contributed by atoms with van der Waals surface area (Å²) in [5.41, 5.74) is 2.28. The monoisotopic (exact) mass is 305 g/mol. The topological polar surface area (TPSA) is 37.3 Å². The van der Waals surface area contributed by atoms with Crippen LogP contribution in [0.15, 0.2) is 34.7 Å². The molecule has 100 valence electrons. The van der Waals surface area contributed by atoms with Crippen molar-refractivity contribution in [3.63, 3.8) is 0 Å². The van der Waals surface area contributed by atoms with Crippen molar-refractivity contribution >= 4 is 34.3 Å². The Hall–Kier alpha value is -1.60. The zero-order valence-corrected chi connectivity index (χ0v) is 10.9. The van der Waals surface area contributed by atoms with Crippen LogP contribution in [0.1, 0.15) is 11.3 Å². The molecule has 0 spiro atoms. The maximum absolute atomic E-state index is 12.3. The van der Waals surface area contributed by atoms with E-state index in [1.165, 1.54) is 6.21 Å². The van der Waals surface area contributed by atoms with Gasteiger partial charge in [0.15, 0.2) is 5.69 Å². The number of nitrogens with zero attached hydrogens (tertiary/aromatic N) is 2. The van der Waals surface area contributed by atoms with E-state index in [-0.39, 0.29) is 5.13 Å². The molecule has 2 aromatic rings. The van der Waals surface area contributed by atoms with E-state index >= 15 is 0 Å². The van der Waals surface area contributed by atoms with Crippen LogP contribution in [-0.2, 0) is 6.18 Å². The van der Waals surface area contributed by atoms with E-state index in [2.05, 4.69) is 15.5 Å². The number of rotatable bonds is 3. The smallest absolute Gasteiger partial charge is 0.253 e. The minimum atomic E-state index is -4.43. The first-order valence-electron chi connectivity index (χ1n) is 5.02. The molecule has 0 aliphatic heterocycles. The summed E-state index contributed by atoms with van der Waals surface area (Å²) in [5, 5.41) is 5.41. The van der Waals surface area contributed by atoms with E-state index in [1.807, 2.05) is 0 Å². The van der Waals surface area contributed by atoms with Crippen molar-refractivity contribution in [2.45, 2.75) is 6.18 Å². The van der Waals surface area contributed by atoms with Crippen LogP contribution >= 0.6 is 22.9 Å². The van der Waals surface area contributed by atoms with Crippen molar-refractivity contribution in [2.75, 3.05) is 5.43 Å². The molecule has 1 aromatic heterocycles. The van der Waals surface area contributed by atoms with Gasteiger partial charge in [0.25, 0.3) is 0 Å². The molecule has 2 rings (SSSR count). The van der Waals surface area contributed by atoms with Crippen LogP contribution in [0.4, 0.5) is 18.3 Å². The van der Waals surface area contributed by atoms with Gasteiger partial charge in [0.2, 0.25) is 5.13 Å². The van der Waals surface area contributed by atoms with Gasteiger partial charge in [-0.1, -0.05) is 23.7 Å². The summed E-state index contributed by atoms with van der Waals surface area (Å²) < 4.78 is 36.9. The molecule has 3 nitrogen and oxygen atoms in total. The lowest BCUT2D eigenvalue weighted by molar-refractivity contribution is -0.140. The molecule has 0 saturated carbocycles. The summed E-state index contributed by atoms with van der Waals surface area (Å²) in [7, 11) is 0. The second-order valence-corrected chi connectivity index (χ2v) is 4.75. The van der Waals surface area contributed by atoms with Crippen molar-refractivity contribution < 1.29 is 13.2 Å². The first-order valence-corrected chi connectivity index (χ1v) is 6.28. The lowest BCUT2D eigenvalue weighted by Gasteiger charge is -1.99. The molecule has 0 unspecified atom stereocenters. The maximum atomic E-state index is 12.3. The number of alkyl halides is 3. The third-order valence-electron chi connectivity index (χ3n) is 2.04. The van der Waals surface area contributed by atoms with Gasteiger partial charge in [0, 0.05) is 10.4 Å². The minimum Gasteiger partial charge on any atom is -0.253 e. The highest BCUT2D eigenvalue weighted by Gasteiger charge is 2.33. The Morgan fingerprint density at radius 1 is 1.26 bits per heavy atom. The number of anilines is 1. The predicted octanol–water partition coefficient (Wildman–Crippen LogP) is 4.26. The van der Waals surface area contributed by atoms with Crippen LogP contribution in [0, 0.1) is 0 Å². The zero-order valence-electron chi connectivity index (χ0n) is 9.28. The highest BCUT2D eigenvalue weighted by molar-refractivity contribution is 7.13. The Bertz CT molecular complexity index is 578. The third-order valence-corrected chi connectivity index (χ3v) is 3.04. The van der Waals surface area contributed by atoms with Gasteiger partial charge in [-0.15, -0.1) is 11.3 Å². The van der Waals surface area contributed by atoms with E-state index in [9.17, 15) is 13.2 Å². The second-order valence-electron chi connectivity index (χ2n) is 3.46. The first-order chi connectivity index (χ1) is 8.95. The van der Waals surface area contributed by atoms with Crippen LogP contribution in [0.2, 0.25) is 5.02 Å². The SMILES string of the molecule is FC(F)(F)c1csc(N/N=C\c2ccc(Cl)cc2)n1. The number of halogens is 4. The van der Waals surface area contributed by atoms with Crippen molar-refractivity contribution in [1.29, 1.82) is 0 Å². The summed E-state index contributed by atoms with van der Waals surface area (Å²) in [6, 6.07) is 6.84. The molecule has 0 aliphatic rings. The molecule has 0 aliphatic carbocycles. The van der Waals surface area contributed by atoms with E-state index in [0.29, 0.717) is 5.02 Å².